The maximum atomic E-state index is 13.1. The zero-order chi connectivity index (χ0) is 23.5. The summed E-state index contributed by atoms with van der Waals surface area (Å²) in [7, 11) is 0. The third kappa shape index (κ3) is 4.90. The van der Waals surface area contributed by atoms with Crippen LogP contribution in [0, 0.1) is 11.8 Å². The van der Waals surface area contributed by atoms with Crippen LogP contribution in [0.15, 0.2) is 54.6 Å². The van der Waals surface area contributed by atoms with Gasteiger partial charge in [0.15, 0.2) is 0 Å². The zero-order valence-electron chi connectivity index (χ0n) is 18.8. The molecule has 3 fully saturated rings. The first-order valence-corrected chi connectivity index (χ1v) is 11.8. The second kappa shape index (κ2) is 9.82. The van der Waals surface area contributed by atoms with Crippen molar-refractivity contribution in [1.82, 2.24) is 20.9 Å². The summed E-state index contributed by atoms with van der Waals surface area (Å²) in [4.78, 5) is 40.8. The van der Waals surface area contributed by atoms with E-state index < -0.39 is 18.0 Å². The summed E-state index contributed by atoms with van der Waals surface area (Å²) in [6, 6.07) is 16.4. The van der Waals surface area contributed by atoms with Gasteiger partial charge in [0.05, 0.1) is 18.0 Å². The number of carbonyl (C=O) groups excluding carboxylic acids is 3. The summed E-state index contributed by atoms with van der Waals surface area (Å²) in [5.41, 5.74) is 0.573. The van der Waals surface area contributed by atoms with Crippen molar-refractivity contribution in [1.29, 1.82) is 0 Å². The van der Waals surface area contributed by atoms with Gasteiger partial charge in [0.25, 0.3) is 0 Å². The van der Waals surface area contributed by atoms with E-state index in [4.69, 9.17) is 4.74 Å². The lowest BCUT2D eigenvalue weighted by molar-refractivity contribution is -0.147. The van der Waals surface area contributed by atoms with E-state index in [1.807, 2.05) is 30.3 Å². The van der Waals surface area contributed by atoms with Gasteiger partial charge in [0.2, 0.25) is 17.7 Å². The first-order chi connectivity index (χ1) is 16.6. The molecule has 178 valence electrons. The normalized spacial score (nSPS) is 27.2. The summed E-state index contributed by atoms with van der Waals surface area (Å²) >= 11 is 0. The summed E-state index contributed by atoms with van der Waals surface area (Å²) < 4.78 is 5.78. The van der Waals surface area contributed by atoms with Crippen molar-refractivity contribution in [2.75, 3.05) is 18.4 Å². The molecule has 0 aromatic heterocycles. The van der Waals surface area contributed by atoms with Crippen molar-refractivity contribution in [3.8, 4) is 11.5 Å². The molecular weight excluding hydrogens is 434 g/mol. The Labute approximate surface area is 198 Å². The lowest BCUT2D eigenvalue weighted by Gasteiger charge is -2.46. The minimum atomic E-state index is -0.770. The number of carbonyl (C=O) groups is 3. The maximum absolute atomic E-state index is 13.1. The topological polar surface area (TPSA) is 112 Å². The second-order valence-corrected chi connectivity index (χ2v) is 8.98. The second-order valence-electron chi connectivity index (χ2n) is 8.98. The molecule has 3 saturated heterocycles. The molecule has 4 unspecified atom stereocenters. The highest BCUT2D eigenvalue weighted by Crippen LogP contribution is 2.29. The van der Waals surface area contributed by atoms with Crippen LogP contribution in [0.4, 0.5) is 5.69 Å². The number of benzene rings is 2. The quantitative estimate of drug-likeness (QED) is 0.540. The number of hydrogen-bond acceptors (Lipinski definition) is 6. The van der Waals surface area contributed by atoms with Gasteiger partial charge in [-0.1, -0.05) is 24.6 Å². The molecule has 0 bridgehead atoms. The van der Waals surface area contributed by atoms with Crippen LogP contribution in [-0.4, -0.2) is 48.2 Å². The Morgan fingerprint density at radius 2 is 1.62 bits per heavy atom. The average Bonchev–Trinajstić information content (AvgIpc) is 2.85. The van der Waals surface area contributed by atoms with Crippen LogP contribution in [0.1, 0.15) is 25.7 Å². The Bertz CT molecular complexity index is 1040. The molecule has 0 spiro atoms. The van der Waals surface area contributed by atoms with Crippen molar-refractivity contribution in [3.05, 3.63) is 54.6 Å². The van der Waals surface area contributed by atoms with Crippen LogP contribution in [0.2, 0.25) is 0 Å². The standard InChI is InChI=1S/C25H29N5O4/c31-20-15-19(21-22(27-20)28-25(29-24(21)33)30-13-5-2-6-14-30)23(32)26-16-9-11-18(12-10-16)34-17-7-3-1-4-8-17/h1,3-4,7-12,19,21-22,25,28H,2,5-6,13-15H2,(H,26,32)(H,27,31)(H,29,33). The fourth-order valence-corrected chi connectivity index (χ4v) is 4.90. The fourth-order valence-electron chi connectivity index (χ4n) is 4.90. The first-order valence-electron chi connectivity index (χ1n) is 11.8. The number of amides is 3. The van der Waals surface area contributed by atoms with E-state index in [9.17, 15) is 14.4 Å². The highest BCUT2D eigenvalue weighted by Gasteiger charge is 2.49. The van der Waals surface area contributed by atoms with Crippen molar-refractivity contribution < 1.29 is 19.1 Å². The van der Waals surface area contributed by atoms with Gasteiger partial charge in [-0.15, -0.1) is 0 Å². The van der Waals surface area contributed by atoms with E-state index in [2.05, 4.69) is 26.2 Å². The first kappa shape index (κ1) is 22.4. The monoisotopic (exact) mass is 463 g/mol. The van der Waals surface area contributed by atoms with Gasteiger partial charge in [-0.2, -0.15) is 0 Å². The number of rotatable bonds is 5. The molecule has 5 rings (SSSR count). The van der Waals surface area contributed by atoms with Gasteiger partial charge in [0.1, 0.15) is 17.8 Å². The summed E-state index contributed by atoms with van der Waals surface area (Å²) in [5, 5.41) is 12.1. The van der Waals surface area contributed by atoms with Gasteiger partial charge in [0, 0.05) is 25.2 Å². The maximum Gasteiger partial charge on any atom is 0.229 e. The number of anilines is 1. The minimum Gasteiger partial charge on any atom is -0.457 e. The molecule has 3 heterocycles. The van der Waals surface area contributed by atoms with Crippen LogP contribution in [0.5, 0.6) is 11.5 Å². The summed E-state index contributed by atoms with van der Waals surface area (Å²) in [6.07, 6.45) is 2.38. The Kier molecular flexibility index (Phi) is 6.46. The lowest BCUT2D eigenvalue weighted by atomic mass is 9.81. The SMILES string of the molecule is O=C1CC(C(=O)Nc2ccc(Oc3ccccc3)cc2)C2C(=O)NC(N3CCCCC3)NC2N1. The number of piperidine rings is 2. The average molecular weight is 464 g/mol. The van der Waals surface area contributed by atoms with E-state index in [0.717, 1.165) is 31.7 Å². The van der Waals surface area contributed by atoms with Gasteiger partial charge in [-0.3, -0.25) is 24.6 Å². The number of nitrogens with zero attached hydrogens (tertiary/aromatic N) is 1. The molecule has 4 N–H and O–H groups in total. The van der Waals surface area contributed by atoms with Gasteiger partial charge in [-0.05, 0) is 49.2 Å². The third-order valence-corrected chi connectivity index (χ3v) is 6.63. The van der Waals surface area contributed by atoms with Crippen LogP contribution >= 0.6 is 0 Å². The Morgan fingerprint density at radius 3 is 2.35 bits per heavy atom. The van der Waals surface area contributed by atoms with Gasteiger partial charge in [-0.25, -0.2) is 0 Å². The predicted octanol–water partition coefficient (Wildman–Crippen LogP) is 1.98. The molecule has 4 atom stereocenters. The van der Waals surface area contributed by atoms with Crippen LogP contribution < -0.4 is 26.0 Å². The largest absolute Gasteiger partial charge is 0.457 e. The predicted molar refractivity (Wildman–Crippen MR) is 126 cm³/mol. The van der Waals surface area contributed by atoms with Gasteiger partial charge >= 0.3 is 0 Å². The molecule has 9 heteroatoms. The summed E-state index contributed by atoms with van der Waals surface area (Å²) in [5.74, 6) is -0.903. The molecular formula is C25H29N5O4. The third-order valence-electron chi connectivity index (χ3n) is 6.63. The number of nitrogens with one attached hydrogen (secondary N) is 4. The number of likely N-dealkylation sites (tertiary alicyclic amines) is 1. The van der Waals surface area contributed by atoms with Crippen molar-refractivity contribution >= 4 is 23.4 Å². The van der Waals surface area contributed by atoms with Crippen LogP contribution in [-0.2, 0) is 14.4 Å². The van der Waals surface area contributed by atoms with E-state index >= 15 is 0 Å². The molecule has 3 aliphatic rings. The summed E-state index contributed by atoms with van der Waals surface area (Å²) in [6.45, 7) is 1.77. The van der Waals surface area contributed by atoms with Crippen LogP contribution in [0.25, 0.3) is 0 Å². The molecule has 34 heavy (non-hydrogen) atoms. The molecule has 0 radical (unpaired) electrons. The van der Waals surface area contributed by atoms with E-state index in [1.54, 1.807) is 24.3 Å². The van der Waals surface area contributed by atoms with Crippen LogP contribution in [0.3, 0.4) is 0 Å². The molecule has 9 nitrogen and oxygen atoms in total. The van der Waals surface area contributed by atoms with Crippen molar-refractivity contribution in [3.63, 3.8) is 0 Å². The highest BCUT2D eigenvalue weighted by molar-refractivity contribution is 6.00. The number of para-hydroxylation sites is 1. The molecule has 0 saturated carbocycles. The van der Waals surface area contributed by atoms with Crippen molar-refractivity contribution in [2.45, 2.75) is 38.1 Å². The molecule has 3 amide bonds. The Hall–Kier alpha value is -3.43. The van der Waals surface area contributed by atoms with E-state index in [-0.39, 0.29) is 30.4 Å². The van der Waals surface area contributed by atoms with Gasteiger partial charge < -0.3 is 20.7 Å². The van der Waals surface area contributed by atoms with E-state index in [1.165, 1.54) is 6.42 Å². The number of hydrogen-bond donors (Lipinski definition) is 4. The Morgan fingerprint density at radius 1 is 0.912 bits per heavy atom. The number of fused-ring (bicyclic) bond motifs is 1. The molecule has 2 aromatic carbocycles. The fraction of sp³-hybridized carbons (Fsp3) is 0.400. The highest BCUT2D eigenvalue weighted by atomic mass is 16.5. The molecule has 0 aliphatic carbocycles. The van der Waals surface area contributed by atoms with E-state index in [0.29, 0.717) is 11.4 Å². The molecule has 2 aromatic rings. The Balaban J connectivity index is 1.24. The molecule has 3 aliphatic heterocycles. The number of ether oxygens (including phenoxy) is 1. The smallest absolute Gasteiger partial charge is 0.229 e. The lowest BCUT2D eigenvalue weighted by Crippen LogP contribution is -2.74. The minimum absolute atomic E-state index is 0.0360. The zero-order valence-corrected chi connectivity index (χ0v) is 18.8. The van der Waals surface area contributed by atoms with Crippen molar-refractivity contribution in [2.24, 2.45) is 11.8 Å².